The second-order valence-corrected chi connectivity index (χ2v) is 8.18. The molecule has 0 fully saturated rings. The number of oxazole rings is 1. The quantitative estimate of drug-likeness (QED) is 0.298. The van der Waals surface area contributed by atoms with Crippen LogP contribution in [0, 0.1) is 6.92 Å². The fourth-order valence-electron chi connectivity index (χ4n) is 3.95. The molecule has 0 saturated heterocycles. The van der Waals surface area contributed by atoms with Crippen LogP contribution < -0.4 is 5.32 Å². The summed E-state index contributed by atoms with van der Waals surface area (Å²) >= 11 is 0. The van der Waals surface area contributed by atoms with Crippen LogP contribution in [0.25, 0.3) is 33.8 Å². The fourth-order valence-corrected chi connectivity index (χ4v) is 3.95. The monoisotopic (exact) mass is 456 g/mol. The summed E-state index contributed by atoms with van der Waals surface area (Å²) < 4.78 is 11.3. The van der Waals surface area contributed by atoms with Crippen LogP contribution in [0.3, 0.4) is 0 Å². The van der Waals surface area contributed by atoms with Gasteiger partial charge >= 0.3 is 5.97 Å². The Morgan fingerprint density at radius 3 is 2.68 bits per heavy atom. The van der Waals surface area contributed by atoms with Crippen LogP contribution in [0.15, 0.2) is 77.4 Å². The number of ether oxygens (including phenoxy) is 1. The molecule has 0 aliphatic rings. The molecule has 174 valence electrons. The first-order valence-corrected chi connectivity index (χ1v) is 11.2. The molecule has 2 N–H and O–H groups in total. The van der Waals surface area contributed by atoms with Gasteiger partial charge in [-0.1, -0.05) is 48.5 Å². The lowest BCUT2D eigenvalue weighted by Gasteiger charge is -2.12. The van der Waals surface area contributed by atoms with Crippen molar-refractivity contribution in [3.05, 3.63) is 89.7 Å². The van der Waals surface area contributed by atoms with Crippen LogP contribution in [0.1, 0.15) is 23.1 Å². The molecular formula is C28H28N2O4. The maximum absolute atomic E-state index is 10.7. The number of hydrogen-bond acceptors (Lipinski definition) is 5. The molecule has 0 aliphatic carbocycles. The molecule has 6 heteroatoms. The van der Waals surface area contributed by atoms with Crippen molar-refractivity contribution in [2.45, 2.75) is 26.5 Å². The van der Waals surface area contributed by atoms with Gasteiger partial charge in [-0.05, 0) is 52.9 Å². The van der Waals surface area contributed by atoms with E-state index in [-0.39, 0.29) is 6.42 Å². The average Bonchev–Trinajstić information content (AvgIpc) is 3.33. The number of aryl methyl sites for hydroxylation is 1. The summed E-state index contributed by atoms with van der Waals surface area (Å²) in [7, 11) is 1.70. The summed E-state index contributed by atoms with van der Waals surface area (Å²) in [5, 5.41) is 11.9. The van der Waals surface area contributed by atoms with E-state index in [1.807, 2.05) is 42.5 Å². The zero-order chi connectivity index (χ0) is 23.9. The van der Waals surface area contributed by atoms with Crippen LogP contribution in [0.5, 0.6) is 0 Å². The van der Waals surface area contributed by atoms with Gasteiger partial charge in [-0.25, -0.2) is 4.98 Å². The Labute approximate surface area is 199 Å². The number of nitrogens with one attached hydrogen (secondary N) is 1. The topological polar surface area (TPSA) is 84.6 Å². The second-order valence-electron chi connectivity index (χ2n) is 8.18. The van der Waals surface area contributed by atoms with Gasteiger partial charge in [0.05, 0.1) is 13.0 Å². The number of rotatable bonds is 10. The van der Waals surface area contributed by atoms with Gasteiger partial charge < -0.3 is 19.6 Å². The van der Waals surface area contributed by atoms with Crippen molar-refractivity contribution in [3.63, 3.8) is 0 Å². The van der Waals surface area contributed by atoms with Crippen molar-refractivity contribution in [2.24, 2.45) is 0 Å². The van der Waals surface area contributed by atoms with E-state index in [0.29, 0.717) is 25.6 Å². The molecule has 4 aromatic rings. The molecule has 6 nitrogen and oxygen atoms in total. The number of aliphatic carboxylic acids is 1. The van der Waals surface area contributed by atoms with Crippen molar-refractivity contribution in [3.8, 4) is 33.8 Å². The zero-order valence-electron chi connectivity index (χ0n) is 19.4. The Bertz CT molecular complexity index is 1280. The SMILES string of the molecule is COCc1cc(-c2nc(-c3cccc(CNCCC(=O)O)c3)co2)ccc1-c1ccccc1C. The van der Waals surface area contributed by atoms with Crippen molar-refractivity contribution < 1.29 is 19.1 Å². The lowest BCUT2D eigenvalue weighted by atomic mass is 9.94. The van der Waals surface area contributed by atoms with Crippen molar-refractivity contribution in [2.75, 3.05) is 13.7 Å². The molecule has 34 heavy (non-hydrogen) atoms. The molecular weight excluding hydrogens is 428 g/mol. The van der Waals surface area contributed by atoms with Gasteiger partial charge in [0.25, 0.3) is 0 Å². The first kappa shape index (κ1) is 23.4. The highest BCUT2D eigenvalue weighted by molar-refractivity contribution is 5.74. The molecule has 0 radical (unpaired) electrons. The third kappa shape index (κ3) is 5.60. The van der Waals surface area contributed by atoms with Gasteiger partial charge in [0, 0.05) is 31.3 Å². The number of carbonyl (C=O) groups is 1. The Kier molecular flexibility index (Phi) is 7.52. The maximum atomic E-state index is 10.7. The number of aromatic nitrogens is 1. The molecule has 0 bridgehead atoms. The van der Waals surface area contributed by atoms with Crippen molar-refractivity contribution in [1.82, 2.24) is 10.3 Å². The minimum absolute atomic E-state index is 0.0972. The number of methoxy groups -OCH3 is 1. The highest BCUT2D eigenvalue weighted by Crippen LogP contribution is 2.32. The number of nitrogens with zero attached hydrogens (tertiary/aromatic N) is 1. The summed E-state index contributed by atoms with van der Waals surface area (Å²) in [6.07, 6.45) is 1.76. The average molecular weight is 457 g/mol. The van der Waals surface area contributed by atoms with E-state index in [2.05, 4.69) is 36.5 Å². The Morgan fingerprint density at radius 2 is 1.88 bits per heavy atom. The van der Waals surface area contributed by atoms with E-state index in [9.17, 15) is 4.79 Å². The Hall–Kier alpha value is -3.74. The highest BCUT2D eigenvalue weighted by atomic mass is 16.5. The van der Waals surface area contributed by atoms with E-state index >= 15 is 0 Å². The van der Waals surface area contributed by atoms with Gasteiger partial charge in [0.2, 0.25) is 5.89 Å². The summed E-state index contributed by atoms with van der Waals surface area (Å²) in [6.45, 7) is 3.61. The summed E-state index contributed by atoms with van der Waals surface area (Å²) in [5.41, 5.74) is 8.24. The molecule has 0 amide bonds. The predicted octanol–water partition coefficient (Wildman–Crippen LogP) is 5.69. The largest absolute Gasteiger partial charge is 0.481 e. The van der Waals surface area contributed by atoms with Gasteiger partial charge in [0.1, 0.15) is 12.0 Å². The Morgan fingerprint density at radius 1 is 1.03 bits per heavy atom. The maximum Gasteiger partial charge on any atom is 0.304 e. The van der Waals surface area contributed by atoms with Crippen LogP contribution in [-0.4, -0.2) is 29.7 Å². The lowest BCUT2D eigenvalue weighted by Crippen LogP contribution is -2.17. The van der Waals surface area contributed by atoms with Crippen molar-refractivity contribution >= 4 is 5.97 Å². The molecule has 0 atom stereocenters. The second kappa shape index (κ2) is 10.9. The van der Waals surface area contributed by atoms with Gasteiger partial charge in [-0.2, -0.15) is 0 Å². The molecule has 1 aromatic heterocycles. The summed E-state index contributed by atoms with van der Waals surface area (Å²) in [4.78, 5) is 15.4. The van der Waals surface area contributed by atoms with E-state index in [4.69, 9.17) is 19.2 Å². The predicted molar refractivity (Wildman–Crippen MR) is 132 cm³/mol. The number of carboxylic acid groups (broad SMARTS) is 1. The number of carboxylic acids is 1. The molecule has 1 heterocycles. The standard InChI is InChI=1S/C28H28N2O4/c1-19-6-3-4-9-24(19)25-11-10-22(15-23(25)17-33-2)28-30-26(18-34-28)21-8-5-7-20(14-21)16-29-13-12-27(31)32/h3-11,14-15,18,29H,12-13,16-17H2,1-2H3,(H,31,32). The van der Waals surface area contributed by atoms with Crippen molar-refractivity contribution in [1.29, 1.82) is 0 Å². The minimum Gasteiger partial charge on any atom is -0.481 e. The molecule has 0 saturated carbocycles. The summed E-state index contributed by atoms with van der Waals surface area (Å²) in [5.74, 6) is -0.259. The van der Waals surface area contributed by atoms with Crippen LogP contribution in [-0.2, 0) is 22.7 Å². The smallest absolute Gasteiger partial charge is 0.304 e. The third-order valence-electron chi connectivity index (χ3n) is 5.66. The first-order valence-electron chi connectivity index (χ1n) is 11.2. The van der Waals surface area contributed by atoms with E-state index in [0.717, 1.165) is 33.5 Å². The third-order valence-corrected chi connectivity index (χ3v) is 5.66. The highest BCUT2D eigenvalue weighted by Gasteiger charge is 2.13. The Balaban J connectivity index is 1.56. The summed E-state index contributed by atoms with van der Waals surface area (Å²) in [6, 6.07) is 22.5. The first-order chi connectivity index (χ1) is 16.5. The molecule has 0 aliphatic heterocycles. The molecule has 4 rings (SSSR count). The number of benzene rings is 3. The van der Waals surface area contributed by atoms with Crippen LogP contribution >= 0.6 is 0 Å². The van der Waals surface area contributed by atoms with E-state index in [1.54, 1.807) is 13.4 Å². The zero-order valence-corrected chi connectivity index (χ0v) is 19.4. The van der Waals surface area contributed by atoms with Crippen LogP contribution in [0.2, 0.25) is 0 Å². The normalized spacial score (nSPS) is 11.0. The van der Waals surface area contributed by atoms with E-state index < -0.39 is 5.97 Å². The van der Waals surface area contributed by atoms with Gasteiger partial charge in [0.15, 0.2) is 0 Å². The van der Waals surface area contributed by atoms with Gasteiger partial charge in [-0.3, -0.25) is 4.79 Å². The van der Waals surface area contributed by atoms with Gasteiger partial charge in [-0.15, -0.1) is 0 Å². The minimum atomic E-state index is -0.808. The lowest BCUT2D eigenvalue weighted by molar-refractivity contribution is -0.136. The fraction of sp³-hybridized carbons (Fsp3) is 0.214. The van der Waals surface area contributed by atoms with E-state index in [1.165, 1.54) is 11.1 Å². The van der Waals surface area contributed by atoms with Crippen LogP contribution in [0.4, 0.5) is 0 Å². The number of hydrogen-bond donors (Lipinski definition) is 2. The molecule has 3 aromatic carbocycles. The molecule has 0 unspecified atom stereocenters. The molecule has 0 spiro atoms.